The molecule has 0 amide bonds. The van der Waals surface area contributed by atoms with Gasteiger partial charge in [0.1, 0.15) is 0 Å². The predicted molar refractivity (Wildman–Crippen MR) is 78.7 cm³/mol. The molecule has 0 unspecified atom stereocenters. The normalized spacial score (nSPS) is 15.7. The molecule has 0 saturated carbocycles. The van der Waals surface area contributed by atoms with Crippen molar-refractivity contribution < 1.29 is 13.2 Å². The Morgan fingerprint density at radius 1 is 1.19 bits per heavy atom. The Balaban J connectivity index is 2.09. The molecule has 1 aromatic heterocycles. The number of benzene rings is 1. The zero-order chi connectivity index (χ0) is 15.0. The SMILES string of the molecule is Cc1scnc1-c1ccc(N2CCCC2)c(C(F)(F)F)c1. The van der Waals surface area contributed by atoms with Crippen LogP contribution in [0.3, 0.4) is 0 Å². The summed E-state index contributed by atoms with van der Waals surface area (Å²) in [5.41, 5.74) is 2.56. The Bertz CT molecular complexity index is 643. The lowest BCUT2D eigenvalue weighted by Crippen LogP contribution is -2.22. The summed E-state index contributed by atoms with van der Waals surface area (Å²) in [7, 11) is 0. The van der Waals surface area contributed by atoms with Crippen LogP contribution in [0.5, 0.6) is 0 Å². The van der Waals surface area contributed by atoms with Gasteiger partial charge < -0.3 is 4.90 Å². The molecule has 0 atom stereocenters. The van der Waals surface area contributed by atoms with Crippen molar-refractivity contribution in [2.24, 2.45) is 0 Å². The smallest absolute Gasteiger partial charge is 0.371 e. The second kappa shape index (κ2) is 5.33. The fourth-order valence-corrected chi connectivity index (χ4v) is 3.33. The number of nitrogens with zero attached hydrogens (tertiary/aromatic N) is 2. The summed E-state index contributed by atoms with van der Waals surface area (Å²) in [6.07, 6.45) is -2.45. The summed E-state index contributed by atoms with van der Waals surface area (Å²) in [5, 5.41) is 0. The van der Waals surface area contributed by atoms with Crippen molar-refractivity contribution in [2.75, 3.05) is 18.0 Å². The highest BCUT2D eigenvalue weighted by molar-refractivity contribution is 7.10. The van der Waals surface area contributed by atoms with Gasteiger partial charge in [-0.05, 0) is 31.9 Å². The highest BCUT2D eigenvalue weighted by Crippen LogP contribution is 2.40. The first-order valence-corrected chi connectivity index (χ1v) is 7.71. The van der Waals surface area contributed by atoms with E-state index in [1.165, 1.54) is 17.4 Å². The lowest BCUT2D eigenvalue weighted by atomic mass is 10.0. The Hall–Kier alpha value is -1.56. The van der Waals surface area contributed by atoms with Gasteiger partial charge in [0, 0.05) is 29.2 Å². The van der Waals surface area contributed by atoms with E-state index >= 15 is 0 Å². The summed E-state index contributed by atoms with van der Waals surface area (Å²) in [5.74, 6) is 0. The van der Waals surface area contributed by atoms with Crippen molar-refractivity contribution in [3.8, 4) is 11.3 Å². The molecule has 0 N–H and O–H groups in total. The quantitative estimate of drug-likeness (QED) is 0.796. The molecule has 112 valence electrons. The molecule has 21 heavy (non-hydrogen) atoms. The third-order valence-electron chi connectivity index (χ3n) is 3.77. The molecule has 0 radical (unpaired) electrons. The van der Waals surface area contributed by atoms with Gasteiger partial charge >= 0.3 is 6.18 Å². The Kier molecular flexibility index (Phi) is 3.65. The summed E-state index contributed by atoms with van der Waals surface area (Å²) in [6, 6.07) is 4.56. The van der Waals surface area contributed by atoms with E-state index in [0.29, 0.717) is 24.3 Å². The van der Waals surface area contributed by atoms with Crippen molar-refractivity contribution in [1.29, 1.82) is 0 Å². The van der Waals surface area contributed by atoms with Crippen LogP contribution in [0.1, 0.15) is 23.3 Å². The first-order chi connectivity index (χ1) is 9.97. The average molecular weight is 312 g/mol. The summed E-state index contributed by atoms with van der Waals surface area (Å²) in [6.45, 7) is 3.25. The van der Waals surface area contributed by atoms with Gasteiger partial charge in [-0.3, -0.25) is 0 Å². The van der Waals surface area contributed by atoms with Crippen LogP contribution in [0.15, 0.2) is 23.7 Å². The van der Waals surface area contributed by atoms with Gasteiger partial charge in [0.25, 0.3) is 0 Å². The summed E-state index contributed by atoms with van der Waals surface area (Å²) < 4.78 is 40.1. The number of aromatic nitrogens is 1. The number of alkyl halides is 3. The number of thiazole rings is 1. The molecule has 2 aromatic rings. The van der Waals surface area contributed by atoms with Gasteiger partial charge in [-0.1, -0.05) is 6.07 Å². The van der Waals surface area contributed by atoms with Crippen LogP contribution in [0, 0.1) is 6.92 Å². The summed E-state index contributed by atoms with van der Waals surface area (Å²) >= 11 is 1.44. The number of hydrogen-bond acceptors (Lipinski definition) is 3. The maximum absolute atomic E-state index is 13.4. The third kappa shape index (κ3) is 2.77. The lowest BCUT2D eigenvalue weighted by molar-refractivity contribution is -0.137. The van der Waals surface area contributed by atoms with Gasteiger partial charge in [-0.25, -0.2) is 4.98 Å². The minimum absolute atomic E-state index is 0.289. The maximum atomic E-state index is 13.4. The van der Waals surface area contributed by atoms with Crippen molar-refractivity contribution in [2.45, 2.75) is 25.9 Å². The van der Waals surface area contributed by atoms with E-state index in [1.807, 2.05) is 11.8 Å². The lowest BCUT2D eigenvalue weighted by Gasteiger charge is -2.23. The first kappa shape index (κ1) is 14.4. The Labute approximate surface area is 125 Å². The molecule has 1 aliphatic heterocycles. The molecular weight excluding hydrogens is 297 g/mol. The summed E-state index contributed by atoms with van der Waals surface area (Å²) in [4.78, 5) is 6.92. The fourth-order valence-electron chi connectivity index (χ4n) is 2.73. The second-order valence-electron chi connectivity index (χ2n) is 5.18. The number of aryl methyl sites for hydroxylation is 1. The Morgan fingerprint density at radius 3 is 2.48 bits per heavy atom. The van der Waals surface area contributed by atoms with Crippen LogP contribution in [0.25, 0.3) is 11.3 Å². The molecule has 0 spiro atoms. The molecule has 0 aliphatic carbocycles. The predicted octanol–water partition coefficient (Wildman–Crippen LogP) is 4.74. The van der Waals surface area contributed by atoms with Crippen molar-refractivity contribution >= 4 is 17.0 Å². The molecule has 0 bridgehead atoms. The van der Waals surface area contributed by atoms with Crippen molar-refractivity contribution in [3.63, 3.8) is 0 Å². The fraction of sp³-hybridized carbons (Fsp3) is 0.400. The third-order valence-corrected chi connectivity index (χ3v) is 4.52. The van der Waals surface area contributed by atoms with Crippen LogP contribution < -0.4 is 4.90 Å². The highest BCUT2D eigenvalue weighted by atomic mass is 32.1. The van der Waals surface area contributed by atoms with Crippen LogP contribution in [0.2, 0.25) is 0 Å². The zero-order valence-electron chi connectivity index (χ0n) is 11.6. The van der Waals surface area contributed by atoms with Crippen molar-refractivity contribution in [1.82, 2.24) is 4.98 Å². The van der Waals surface area contributed by atoms with E-state index in [2.05, 4.69) is 4.98 Å². The van der Waals surface area contributed by atoms with E-state index in [9.17, 15) is 13.2 Å². The van der Waals surface area contributed by atoms with E-state index < -0.39 is 11.7 Å². The van der Waals surface area contributed by atoms with Crippen LogP contribution >= 0.6 is 11.3 Å². The van der Waals surface area contributed by atoms with Gasteiger partial charge in [-0.15, -0.1) is 11.3 Å². The van der Waals surface area contributed by atoms with E-state index in [1.54, 1.807) is 17.6 Å². The van der Waals surface area contributed by atoms with Gasteiger partial charge in [0.15, 0.2) is 0 Å². The molecule has 3 rings (SSSR count). The monoisotopic (exact) mass is 312 g/mol. The molecule has 2 heterocycles. The second-order valence-corrected chi connectivity index (χ2v) is 6.24. The molecule has 6 heteroatoms. The maximum Gasteiger partial charge on any atom is 0.418 e. The average Bonchev–Trinajstić information content (AvgIpc) is 3.08. The number of halogens is 3. The molecule has 1 fully saturated rings. The van der Waals surface area contributed by atoms with E-state index in [0.717, 1.165) is 17.7 Å². The van der Waals surface area contributed by atoms with Crippen LogP contribution in [-0.2, 0) is 6.18 Å². The topological polar surface area (TPSA) is 16.1 Å². The largest absolute Gasteiger partial charge is 0.418 e. The molecular formula is C15H15F3N2S. The first-order valence-electron chi connectivity index (χ1n) is 6.83. The zero-order valence-corrected chi connectivity index (χ0v) is 12.4. The minimum Gasteiger partial charge on any atom is -0.371 e. The number of hydrogen-bond donors (Lipinski definition) is 0. The molecule has 2 nitrogen and oxygen atoms in total. The van der Waals surface area contributed by atoms with Gasteiger partial charge in [0.2, 0.25) is 0 Å². The standard InChI is InChI=1S/C15H15F3N2S/c1-10-14(19-9-21-10)11-4-5-13(20-6-2-3-7-20)12(8-11)15(16,17)18/h4-5,8-9H,2-3,6-7H2,1H3. The molecule has 1 saturated heterocycles. The van der Waals surface area contributed by atoms with E-state index in [4.69, 9.17) is 0 Å². The van der Waals surface area contributed by atoms with Crippen molar-refractivity contribution in [3.05, 3.63) is 34.2 Å². The molecule has 1 aliphatic rings. The van der Waals surface area contributed by atoms with Gasteiger partial charge in [0.05, 0.1) is 16.8 Å². The van der Waals surface area contributed by atoms with Crippen LogP contribution in [-0.4, -0.2) is 18.1 Å². The number of rotatable bonds is 2. The highest BCUT2D eigenvalue weighted by Gasteiger charge is 2.36. The Morgan fingerprint density at radius 2 is 1.90 bits per heavy atom. The van der Waals surface area contributed by atoms with Gasteiger partial charge in [-0.2, -0.15) is 13.2 Å². The van der Waals surface area contributed by atoms with E-state index in [-0.39, 0.29) is 5.69 Å². The molecule has 1 aromatic carbocycles. The van der Waals surface area contributed by atoms with Crippen LogP contribution in [0.4, 0.5) is 18.9 Å². The minimum atomic E-state index is -4.35. The number of anilines is 1.